The van der Waals surface area contributed by atoms with Crippen molar-refractivity contribution in [3.63, 3.8) is 0 Å². The first-order chi connectivity index (χ1) is 7.17. The number of aliphatic hydroxyl groups excluding tert-OH is 2. The minimum Gasteiger partial charge on any atom is -0.497 e. The van der Waals surface area contributed by atoms with Gasteiger partial charge in [0, 0.05) is 12.0 Å². The van der Waals surface area contributed by atoms with E-state index in [2.05, 4.69) is 0 Å². The maximum absolute atomic E-state index is 11.5. The van der Waals surface area contributed by atoms with E-state index in [0.29, 0.717) is 11.3 Å². The fourth-order valence-electron chi connectivity index (χ4n) is 1.17. The number of carbonyl (C=O) groups is 1. The number of carbonyl (C=O) groups excluding carboxylic acids is 1. The molecule has 0 saturated heterocycles. The van der Waals surface area contributed by atoms with E-state index in [9.17, 15) is 4.79 Å². The summed E-state index contributed by atoms with van der Waals surface area (Å²) < 4.78 is 4.95. The lowest BCUT2D eigenvalue weighted by atomic mass is 10.1. The molecule has 1 rings (SSSR count). The van der Waals surface area contributed by atoms with Crippen LogP contribution in [0, 0.1) is 0 Å². The van der Waals surface area contributed by atoms with Crippen molar-refractivity contribution in [3.05, 3.63) is 29.8 Å². The van der Waals surface area contributed by atoms with Crippen LogP contribution >= 0.6 is 0 Å². The Labute approximate surface area is 88.1 Å². The molecule has 2 N–H and O–H groups in total. The minimum absolute atomic E-state index is 0.0666. The van der Waals surface area contributed by atoms with Gasteiger partial charge >= 0.3 is 0 Å². The topological polar surface area (TPSA) is 66.8 Å². The molecule has 82 valence electrons. The van der Waals surface area contributed by atoms with Crippen molar-refractivity contribution in [2.75, 3.05) is 13.7 Å². The quantitative estimate of drug-likeness (QED) is 0.699. The highest BCUT2D eigenvalue weighted by molar-refractivity contribution is 5.96. The van der Waals surface area contributed by atoms with Gasteiger partial charge in [-0.2, -0.15) is 0 Å². The second-order valence-electron chi connectivity index (χ2n) is 3.19. The lowest BCUT2D eigenvalue weighted by Crippen LogP contribution is -2.17. The molecule has 0 saturated carbocycles. The van der Waals surface area contributed by atoms with Gasteiger partial charge in [-0.15, -0.1) is 0 Å². The lowest BCUT2D eigenvalue weighted by molar-refractivity contribution is 0.0703. The van der Waals surface area contributed by atoms with Crippen LogP contribution in [0.5, 0.6) is 5.75 Å². The third-order valence-electron chi connectivity index (χ3n) is 2.04. The Morgan fingerprint density at radius 1 is 1.40 bits per heavy atom. The van der Waals surface area contributed by atoms with E-state index in [1.807, 2.05) is 0 Å². The maximum Gasteiger partial charge on any atom is 0.165 e. The van der Waals surface area contributed by atoms with E-state index in [1.165, 1.54) is 0 Å². The van der Waals surface area contributed by atoms with Crippen LogP contribution in [0.1, 0.15) is 16.8 Å². The zero-order valence-corrected chi connectivity index (χ0v) is 8.51. The number of hydrogen-bond acceptors (Lipinski definition) is 4. The average molecular weight is 210 g/mol. The van der Waals surface area contributed by atoms with E-state index in [1.54, 1.807) is 31.4 Å². The molecule has 1 atom stereocenters. The van der Waals surface area contributed by atoms with Crippen molar-refractivity contribution in [2.24, 2.45) is 0 Å². The molecule has 4 heteroatoms. The van der Waals surface area contributed by atoms with Gasteiger partial charge in [0.05, 0.1) is 19.8 Å². The Balaban J connectivity index is 2.66. The number of rotatable bonds is 5. The first kappa shape index (κ1) is 11.7. The molecule has 0 bridgehead atoms. The summed E-state index contributed by atoms with van der Waals surface area (Å²) in [7, 11) is 1.55. The largest absolute Gasteiger partial charge is 0.497 e. The van der Waals surface area contributed by atoms with Crippen molar-refractivity contribution in [1.29, 1.82) is 0 Å². The molecule has 0 radical (unpaired) electrons. The second kappa shape index (κ2) is 5.48. The Bertz CT molecular complexity index is 318. The number of hydrogen-bond donors (Lipinski definition) is 2. The molecule has 0 spiro atoms. The zero-order valence-electron chi connectivity index (χ0n) is 8.51. The van der Waals surface area contributed by atoms with Crippen LogP contribution < -0.4 is 4.74 Å². The summed E-state index contributed by atoms with van der Waals surface area (Å²) in [6.45, 7) is -0.401. The van der Waals surface area contributed by atoms with Gasteiger partial charge in [-0.3, -0.25) is 4.79 Å². The highest BCUT2D eigenvalue weighted by Crippen LogP contribution is 2.13. The molecule has 0 aliphatic carbocycles. The van der Waals surface area contributed by atoms with E-state index in [4.69, 9.17) is 14.9 Å². The number of ketones is 1. The molecule has 0 heterocycles. The van der Waals surface area contributed by atoms with Crippen LogP contribution in [0.4, 0.5) is 0 Å². The summed E-state index contributed by atoms with van der Waals surface area (Å²) in [5.41, 5.74) is 0.503. The van der Waals surface area contributed by atoms with Gasteiger partial charge in [0.1, 0.15) is 5.75 Å². The molecule has 15 heavy (non-hydrogen) atoms. The zero-order chi connectivity index (χ0) is 11.3. The summed E-state index contributed by atoms with van der Waals surface area (Å²) in [6, 6.07) is 6.62. The molecule has 4 nitrogen and oxygen atoms in total. The predicted octanol–water partition coefficient (Wildman–Crippen LogP) is 0.621. The fourth-order valence-corrected chi connectivity index (χ4v) is 1.17. The number of ether oxygens (including phenoxy) is 1. The fraction of sp³-hybridized carbons (Fsp3) is 0.364. The summed E-state index contributed by atoms with van der Waals surface area (Å²) in [4.78, 5) is 11.5. The summed E-state index contributed by atoms with van der Waals surface area (Å²) >= 11 is 0. The van der Waals surface area contributed by atoms with Crippen molar-refractivity contribution in [1.82, 2.24) is 0 Å². The smallest absolute Gasteiger partial charge is 0.165 e. The van der Waals surface area contributed by atoms with Gasteiger partial charge in [-0.25, -0.2) is 0 Å². The molecule has 0 fully saturated rings. The number of methoxy groups -OCH3 is 1. The number of Topliss-reactive ketones (excluding diaryl/α,β-unsaturated/α-hetero) is 1. The van der Waals surface area contributed by atoms with Gasteiger partial charge < -0.3 is 14.9 Å². The first-order valence-corrected chi connectivity index (χ1v) is 4.63. The standard InChI is InChI=1S/C11H14O4/c1-15-10-4-2-8(3-5-10)11(14)6-9(13)7-12/h2-5,9,12-13H,6-7H2,1H3/t9-/m1/s1. The molecule has 1 aromatic carbocycles. The molecule has 0 aromatic heterocycles. The van der Waals surface area contributed by atoms with Gasteiger partial charge in [-0.05, 0) is 24.3 Å². The molecule has 0 aliphatic rings. The van der Waals surface area contributed by atoms with Gasteiger partial charge in [0.25, 0.3) is 0 Å². The third-order valence-corrected chi connectivity index (χ3v) is 2.04. The van der Waals surface area contributed by atoms with Crippen LogP contribution in [-0.2, 0) is 0 Å². The molecular formula is C11H14O4. The Hall–Kier alpha value is -1.39. The van der Waals surface area contributed by atoms with Gasteiger partial charge in [0.2, 0.25) is 0 Å². The summed E-state index contributed by atoms with van der Waals surface area (Å²) in [6.07, 6.45) is -1.05. The number of benzene rings is 1. The summed E-state index contributed by atoms with van der Waals surface area (Å²) in [5, 5.41) is 17.7. The maximum atomic E-state index is 11.5. The highest BCUT2D eigenvalue weighted by Gasteiger charge is 2.11. The van der Waals surface area contributed by atoms with Crippen molar-refractivity contribution in [2.45, 2.75) is 12.5 Å². The molecule has 0 amide bonds. The third kappa shape index (κ3) is 3.34. The predicted molar refractivity (Wildman–Crippen MR) is 55.0 cm³/mol. The average Bonchev–Trinajstić information content (AvgIpc) is 2.29. The molecule has 1 aromatic rings. The summed E-state index contributed by atoms with van der Waals surface area (Å²) in [5.74, 6) is 0.480. The van der Waals surface area contributed by atoms with Gasteiger partial charge in [0.15, 0.2) is 5.78 Å². The van der Waals surface area contributed by atoms with Crippen molar-refractivity contribution < 1.29 is 19.7 Å². The highest BCUT2D eigenvalue weighted by atomic mass is 16.5. The monoisotopic (exact) mass is 210 g/mol. The Kier molecular flexibility index (Phi) is 4.27. The first-order valence-electron chi connectivity index (χ1n) is 4.63. The van der Waals surface area contributed by atoms with E-state index in [0.717, 1.165) is 0 Å². The lowest BCUT2D eigenvalue weighted by Gasteiger charge is -2.06. The number of aliphatic hydroxyl groups is 2. The van der Waals surface area contributed by atoms with Crippen molar-refractivity contribution in [3.8, 4) is 5.75 Å². The van der Waals surface area contributed by atoms with Crippen LogP contribution in [0.3, 0.4) is 0 Å². The Morgan fingerprint density at radius 3 is 2.47 bits per heavy atom. The van der Waals surface area contributed by atoms with E-state index < -0.39 is 12.7 Å². The van der Waals surface area contributed by atoms with E-state index >= 15 is 0 Å². The second-order valence-corrected chi connectivity index (χ2v) is 3.19. The Morgan fingerprint density at radius 2 is 2.00 bits per heavy atom. The van der Waals surface area contributed by atoms with E-state index in [-0.39, 0.29) is 12.2 Å². The van der Waals surface area contributed by atoms with Gasteiger partial charge in [-0.1, -0.05) is 0 Å². The SMILES string of the molecule is COc1ccc(C(=O)C[C@@H](O)CO)cc1. The molecule has 0 aliphatic heterocycles. The van der Waals surface area contributed by atoms with Crippen molar-refractivity contribution >= 4 is 5.78 Å². The minimum atomic E-state index is -0.986. The normalized spacial score (nSPS) is 12.2. The molecular weight excluding hydrogens is 196 g/mol. The molecule has 0 unspecified atom stereocenters. The van der Waals surface area contributed by atoms with Crippen LogP contribution in [0.25, 0.3) is 0 Å². The van der Waals surface area contributed by atoms with Crippen LogP contribution in [-0.4, -0.2) is 35.8 Å². The van der Waals surface area contributed by atoms with Crippen LogP contribution in [0.15, 0.2) is 24.3 Å². The van der Waals surface area contributed by atoms with Crippen LogP contribution in [0.2, 0.25) is 0 Å².